The highest BCUT2D eigenvalue weighted by Gasteiger charge is 2.06. The zero-order valence-corrected chi connectivity index (χ0v) is 11.4. The Kier molecular flexibility index (Phi) is 4.33. The lowest BCUT2D eigenvalue weighted by atomic mass is 10.2. The maximum absolute atomic E-state index is 4.34. The molecule has 0 amide bonds. The van der Waals surface area contributed by atoms with E-state index in [4.69, 9.17) is 0 Å². The summed E-state index contributed by atoms with van der Waals surface area (Å²) >= 11 is 0. The molecule has 0 aliphatic carbocycles. The van der Waals surface area contributed by atoms with Crippen LogP contribution in [0.4, 0.5) is 0 Å². The summed E-state index contributed by atoms with van der Waals surface area (Å²) in [5.74, 6) is 0. The zero-order chi connectivity index (χ0) is 13.0. The van der Waals surface area contributed by atoms with Crippen LogP contribution in [0.25, 0.3) is 5.52 Å². The van der Waals surface area contributed by atoms with Crippen LogP contribution in [0.3, 0.4) is 0 Å². The highest BCUT2D eigenvalue weighted by molar-refractivity contribution is 5.53. The summed E-state index contributed by atoms with van der Waals surface area (Å²) in [6.07, 6.45) is 5.08. The summed E-state index contributed by atoms with van der Waals surface area (Å²) in [5.41, 5.74) is 2.44. The molecule has 0 bridgehead atoms. The summed E-state index contributed by atoms with van der Waals surface area (Å²) in [4.78, 5) is 2.22. The zero-order valence-electron chi connectivity index (χ0n) is 11.4. The van der Waals surface area contributed by atoms with Crippen LogP contribution in [-0.2, 0) is 6.54 Å². The second kappa shape index (κ2) is 5.98. The average Bonchev–Trinajstić information content (AvgIpc) is 2.77. The molecule has 0 aliphatic heterocycles. The highest BCUT2D eigenvalue weighted by atomic mass is 15.2. The van der Waals surface area contributed by atoms with Gasteiger partial charge in [0.25, 0.3) is 0 Å². The summed E-state index contributed by atoms with van der Waals surface area (Å²) in [7, 11) is 4.22. The van der Waals surface area contributed by atoms with Crippen LogP contribution in [0, 0.1) is 0 Å². The number of nitrogens with one attached hydrogen (secondary N) is 1. The normalized spacial score (nSPS) is 13.3. The minimum Gasteiger partial charge on any atom is -0.310 e. The fraction of sp³-hybridized carbons (Fsp3) is 0.500. The smallest absolute Gasteiger partial charge is 0.0706 e. The molecule has 0 saturated heterocycles. The van der Waals surface area contributed by atoms with E-state index in [0.717, 1.165) is 19.5 Å². The maximum atomic E-state index is 4.34. The molecule has 2 aromatic rings. The molecule has 1 unspecified atom stereocenters. The highest BCUT2D eigenvalue weighted by Crippen LogP contribution is 2.09. The third-order valence-electron chi connectivity index (χ3n) is 3.16. The monoisotopic (exact) mass is 246 g/mol. The summed E-state index contributed by atoms with van der Waals surface area (Å²) in [6, 6.07) is 6.67. The first-order valence-electron chi connectivity index (χ1n) is 6.46. The van der Waals surface area contributed by atoms with Crippen molar-refractivity contribution in [1.82, 2.24) is 19.8 Å². The van der Waals surface area contributed by atoms with Crippen LogP contribution in [0.15, 0.2) is 30.6 Å². The van der Waals surface area contributed by atoms with E-state index >= 15 is 0 Å². The van der Waals surface area contributed by atoms with Gasteiger partial charge in [0.1, 0.15) is 0 Å². The average molecular weight is 246 g/mol. The van der Waals surface area contributed by atoms with E-state index < -0.39 is 0 Å². The molecule has 0 spiro atoms. The van der Waals surface area contributed by atoms with Crippen molar-refractivity contribution < 1.29 is 0 Å². The molecule has 98 valence electrons. The lowest BCUT2D eigenvalue weighted by Crippen LogP contribution is -2.29. The molecule has 18 heavy (non-hydrogen) atoms. The molecule has 0 radical (unpaired) electrons. The number of pyridine rings is 1. The molecule has 0 saturated carbocycles. The number of nitrogens with zero attached hydrogens (tertiary/aromatic N) is 3. The van der Waals surface area contributed by atoms with Crippen molar-refractivity contribution in [2.45, 2.75) is 25.9 Å². The summed E-state index contributed by atoms with van der Waals surface area (Å²) in [5, 5.41) is 7.89. The maximum Gasteiger partial charge on any atom is 0.0706 e. The third-order valence-corrected chi connectivity index (χ3v) is 3.16. The second-order valence-corrected chi connectivity index (χ2v) is 5.07. The molecule has 2 heterocycles. The van der Waals surface area contributed by atoms with Crippen molar-refractivity contribution in [2.24, 2.45) is 0 Å². The van der Waals surface area contributed by atoms with E-state index in [2.05, 4.69) is 48.5 Å². The SMILES string of the molecule is CC(CCN(C)C)NCc1cnn2ccccc12. The predicted octanol–water partition coefficient (Wildman–Crippen LogP) is 1.76. The second-order valence-electron chi connectivity index (χ2n) is 5.07. The minimum atomic E-state index is 0.520. The standard InChI is InChI=1S/C14H22N4/c1-12(7-9-17(2)3)15-10-13-11-16-18-8-5-4-6-14(13)18/h4-6,8,11-12,15H,7,9-10H2,1-3H3. The van der Waals surface area contributed by atoms with Crippen LogP contribution < -0.4 is 5.32 Å². The molecule has 4 heteroatoms. The molecular weight excluding hydrogens is 224 g/mol. The van der Waals surface area contributed by atoms with E-state index in [1.54, 1.807) is 0 Å². The fourth-order valence-electron chi connectivity index (χ4n) is 1.96. The Morgan fingerprint density at radius 1 is 1.39 bits per heavy atom. The molecule has 1 atom stereocenters. The molecule has 2 rings (SSSR count). The molecule has 0 aromatic carbocycles. The Balaban J connectivity index is 1.90. The van der Waals surface area contributed by atoms with Crippen LogP contribution in [-0.4, -0.2) is 41.2 Å². The van der Waals surface area contributed by atoms with Gasteiger partial charge in [0.05, 0.1) is 11.7 Å². The van der Waals surface area contributed by atoms with Gasteiger partial charge in [-0.25, -0.2) is 4.52 Å². The quantitative estimate of drug-likeness (QED) is 0.843. The molecular formula is C14H22N4. The number of aromatic nitrogens is 2. The van der Waals surface area contributed by atoms with Gasteiger partial charge in [-0.1, -0.05) is 6.07 Å². The first-order chi connectivity index (χ1) is 8.66. The van der Waals surface area contributed by atoms with Crippen molar-refractivity contribution in [1.29, 1.82) is 0 Å². The van der Waals surface area contributed by atoms with Gasteiger partial charge in [-0.2, -0.15) is 5.10 Å². The van der Waals surface area contributed by atoms with E-state index in [1.807, 2.05) is 23.0 Å². The first-order valence-corrected chi connectivity index (χ1v) is 6.46. The van der Waals surface area contributed by atoms with Gasteiger partial charge >= 0.3 is 0 Å². The number of hydrogen-bond acceptors (Lipinski definition) is 3. The van der Waals surface area contributed by atoms with Crippen molar-refractivity contribution in [3.05, 3.63) is 36.2 Å². The first kappa shape index (κ1) is 13.1. The Bertz CT molecular complexity index is 489. The van der Waals surface area contributed by atoms with Gasteiger partial charge in [-0.05, 0) is 46.1 Å². The lowest BCUT2D eigenvalue weighted by Gasteiger charge is -2.16. The Morgan fingerprint density at radius 2 is 2.22 bits per heavy atom. The molecule has 4 nitrogen and oxygen atoms in total. The predicted molar refractivity (Wildman–Crippen MR) is 74.7 cm³/mol. The summed E-state index contributed by atoms with van der Waals surface area (Å²) < 4.78 is 1.92. The lowest BCUT2D eigenvalue weighted by molar-refractivity contribution is 0.366. The fourth-order valence-corrected chi connectivity index (χ4v) is 1.96. The van der Waals surface area contributed by atoms with Gasteiger partial charge in [-0.15, -0.1) is 0 Å². The minimum absolute atomic E-state index is 0.520. The summed E-state index contributed by atoms with van der Waals surface area (Å²) in [6.45, 7) is 4.22. The van der Waals surface area contributed by atoms with E-state index in [9.17, 15) is 0 Å². The number of fused-ring (bicyclic) bond motifs is 1. The van der Waals surface area contributed by atoms with Crippen molar-refractivity contribution >= 4 is 5.52 Å². The van der Waals surface area contributed by atoms with Crippen LogP contribution in [0.2, 0.25) is 0 Å². The Hall–Kier alpha value is -1.39. The number of hydrogen-bond donors (Lipinski definition) is 1. The van der Waals surface area contributed by atoms with Crippen LogP contribution in [0.1, 0.15) is 18.9 Å². The molecule has 2 aromatic heterocycles. The van der Waals surface area contributed by atoms with Gasteiger partial charge in [0.15, 0.2) is 0 Å². The van der Waals surface area contributed by atoms with E-state index in [-0.39, 0.29) is 0 Å². The molecule has 0 aliphatic rings. The third kappa shape index (κ3) is 3.31. The van der Waals surface area contributed by atoms with Crippen molar-refractivity contribution in [3.8, 4) is 0 Å². The molecule has 0 fully saturated rings. The molecule has 1 N–H and O–H groups in total. The largest absolute Gasteiger partial charge is 0.310 e. The number of rotatable bonds is 6. The Morgan fingerprint density at radius 3 is 3.00 bits per heavy atom. The van der Waals surface area contributed by atoms with Crippen molar-refractivity contribution in [3.63, 3.8) is 0 Å². The van der Waals surface area contributed by atoms with E-state index in [0.29, 0.717) is 6.04 Å². The van der Waals surface area contributed by atoms with Gasteiger partial charge in [-0.3, -0.25) is 0 Å². The van der Waals surface area contributed by atoms with Crippen LogP contribution in [0.5, 0.6) is 0 Å². The van der Waals surface area contributed by atoms with Crippen LogP contribution >= 0.6 is 0 Å². The topological polar surface area (TPSA) is 32.6 Å². The van der Waals surface area contributed by atoms with Gasteiger partial charge in [0.2, 0.25) is 0 Å². The Labute approximate surface area is 109 Å². The van der Waals surface area contributed by atoms with E-state index in [1.165, 1.54) is 11.1 Å². The van der Waals surface area contributed by atoms with Gasteiger partial charge in [0, 0.05) is 24.3 Å². The van der Waals surface area contributed by atoms with Crippen molar-refractivity contribution in [2.75, 3.05) is 20.6 Å². The van der Waals surface area contributed by atoms with Gasteiger partial charge < -0.3 is 10.2 Å².